The van der Waals surface area contributed by atoms with Crippen molar-refractivity contribution in [1.29, 1.82) is 0 Å². The number of hydrogen-bond acceptors (Lipinski definition) is 5. The Bertz CT molecular complexity index is 792. The minimum absolute atomic E-state index is 0.0147. The van der Waals surface area contributed by atoms with Crippen molar-refractivity contribution in [3.63, 3.8) is 0 Å². The number of nitrogens with one attached hydrogen (secondary N) is 2. The second kappa shape index (κ2) is 9.09. The third-order valence-corrected chi connectivity index (χ3v) is 4.07. The molecule has 2 amide bonds. The second-order valence-corrected chi connectivity index (χ2v) is 6.14. The number of morpholine rings is 1. The lowest BCUT2D eigenvalue weighted by Gasteiger charge is -2.27. The van der Waals surface area contributed by atoms with Crippen molar-refractivity contribution in [2.45, 2.75) is 6.42 Å². The van der Waals surface area contributed by atoms with E-state index < -0.39 is 5.82 Å². The maximum absolute atomic E-state index is 13.1. The topological polar surface area (TPSA) is 83.6 Å². The van der Waals surface area contributed by atoms with Crippen LogP contribution in [0.15, 0.2) is 42.6 Å². The number of aromatic nitrogens is 1. The molecule has 1 aromatic carbocycles. The lowest BCUT2D eigenvalue weighted by atomic mass is 10.1. The standard InChI is InChI=1S/C19H21FN4O3/c20-15-3-1-2-14(10-15)11-18(25)22-13-19(26)23-16-4-5-17(21-12-16)24-6-8-27-9-7-24/h1-5,10,12H,6-9,11,13H2,(H,22,25)(H,23,26). The van der Waals surface area contributed by atoms with Crippen LogP contribution in [-0.2, 0) is 20.7 Å². The van der Waals surface area contributed by atoms with Gasteiger partial charge in [-0.3, -0.25) is 9.59 Å². The van der Waals surface area contributed by atoms with Gasteiger partial charge in [-0.15, -0.1) is 0 Å². The van der Waals surface area contributed by atoms with Gasteiger partial charge in [-0.25, -0.2) is 9.37 Å². The summed E-state index contributed by atoms with van der Waals surface area (Å²) in [7, 11) is 0. The van der Waals surface area contributed by atoms with E-state index in [2.05, 4.69) is 20.5 Å². The number of hydrogen-bond donors (Lipinski definition) is 2. The minimum Gasteiger partial charge on any atom is -0.378 e. The third-order valence-electron chi connectivity index (χ3n) is 4.07. The zero-order valence-electron chi connectivity index (χ0n) is 14.8. The molecule has 1 aliphatic heterocycles. The smallest absolute Gasteiger partial charge is 0.243 e. The molecule has 1 fully saturated rings. The van der Waals surface area contributed by atoms with Crippen LogP contribution in [0.2, 0.25) is 0 Å². The number of ether oxygens (including phenoxy) is 1. The molecule has 2 aromatic rings. The number of benzene rings is 1. The van der Waals surface area contributed by atoms with Crippen molar-refractivity contribution in [3.05, 3.63) is 54.0 Å². The SMILES string of the molecule is O=C(Cc1cccc(F)c1)NCC(=O)Nc1ccc(N2CCOCC2)nc1. The van der Waals surface area contributed by atoms with Gasteiger partial charge < -0.3 is 20.3 Å². The van der Waals surface area contributed by atoms with Crippen molar-refractivity contribution < 1.29 is 18.7 Å². The number of anilines is 2. The van der Waals surface area contributed by atoms with Gasteiger partial charge in [0, 0.05) is 13.1 Å². The van der Waals surface area contributed by atoms with E-state index >= 15 is 0 Å². The van der Waals surface area contributed by atoms with Crippen LogP contribution in [0.3, 0.4) is 0 Å². The summed E-state index contributed by atoms with van der Waals surface area (Å²) in [6.45, 7) is 2.76. The quantitative estimate of drug-likeness (QED) is 0.800. The van der Waals surface area contributed by atoms with Gasteiger partial charge >= 0.3 is 0 Å². The van der Waals surface area contributed by atoms with Crippen LogP contribution >= 0.6 is 0 Å². The van der Waals surface area contributed by atoms with Gasteiger partial charge in [0.2, 0.25) is 11.8 Å². The average Bonchev–Trinajstić information content (AvgIpc) is 2.68. The van der Waals surface area contributed by atoms with Gasteiger partial charge in [-0.2, -0.15) is 0 Å². The van der Waals surface area contributed by atoms with E-state index in [1.165, 1.54) is 18.2 Å². The molecule has 0 unspecified atom stereocenters. The molecule has 1 aromatic heterocycles. The van der Waals surface area contributed by atoms with Gasteiger partial charge in [0.1, 0.15) is 11.6 Å². The fraction of sp³-hybridized carbons (Fsp3) is 0.316. The van der Waals surface area contributed by atoms with Crippen LogP contribution in [-0.4, -0.2) is 49.6 Å². The fourth-order valence-electron chi connectivity index (χ4n) is 2.72. The van der Waals surface area contributed by atoms with Crippen LogP contribution in [0, 0.1) is 5.82 Å². The Hall–Kier alpha value is -3.00. The number of amides is 2. The Morgan fingerprint density at radius 2 is 1.96 bits per heavy atom. The molecule has 1 saturated heterocycles. The van der Waals surface area contributed by atoms with Crippen molar-refractivity contribution in [2.75, 3.05) is 43.1 Å². The highest BCUT2D eigenvalue weighted by atomic mass is 19.1. The first-order chi connectivity index (χ1) is 13.1. The summed E-state index contributed by atoms with van der Waals surface area (Å²) in [6.07, 6.45) is 1.60. The van der Waals surface area contributed by atoms with Crippen LogP contribution in [0.25, 0.3) is 0 Å². The largest absolute Gasteiger partial charge is 0.378 e. The van der Waals surface area contributed by atoms with E-state index in [1.54, 1.807) is 18.3 Å². The van der Waals surface area contributed by atoms with Crippen LogP contribution in [0.5, 0.6) is 0 Å². The summed E-state index contributed by atoms with van der Waals surface area (Å²) in [5.74, 6) is -0.272. The van der Waals surface area contributed by atoms with E-state index in [4.69, 9.17) is 4.74 Å². The number of rotatable bonds is 6. The predicted octanol–water partition coefficient (Wildman–Crippen LogP) is 1.35. The molecule has 142 valence electrons. The molecule has 0 aliphatic carbocycles. The summed E-state index contributed by atoms with van der Waals surface area (Å²) in [6, 6.07) is 9.41. The lowest BCUT2D eigenvalue weighted by molar-refractivity contribution is -0.123. The van der Waals surface area contributed by atoms with Gasteiger partial charge in [0.05, 0.1) is 38.1 Å². The molecule has 27 heavy (non-hydrogen) atoms. The molecule has 0 radical (unpaired) electrons. The Kier molecular flexibility index (Phi) is 6.32. The van der Waals surface area contributed by atoms with Gasteiger partial charge in [0.25, 0.3) is 0 Å². The molecule has 8 heteroatoms. The van der Waals surface area contributed by atoms with Gasteiger partial charge in [0.15, 0.2) is 0 Å². The highest BCUT2D eigenvalue weighted by Crippen LogP contribution is 2.15. The molecule has 3 rings (SSSR count). The number of nitrogens with zero attached hydrogens (tertiary/aromatic N) is 2. The Labute approximate surface area is 156 Å². The van der Waals surface area contributed by atoms with E-state index in [-0.39, 0.29) is 24.8 Å². The number of halogens is 1. The van der Waals surface area contributed by atoms with Crippen molar-refractivity contribution in [2.24, 2.45) is 0 Å². The summed E-state index contributed by atoms with van der Waals surface area (Å²) in [5.41, 5.74) is 1.10. The molecule has 1 aliphatic rings. The van der Waals surface area contributed by atoms with Crippen molar-refractivity contribution in [3.8, 4) is 0 Å². The normalized spacial score (nSPS) is 13.9. The molecule has 0 atom stereocenters. The van der Waals surface area contributed by atoms with Crippen molar-refractivity contribution >= 4 is 23.3 Å². The summed E-state index contributed by atoms with van der Waals surface area (Å²) in [5, 5.41) is 5.20. The summed E-state index contributed by atoms with van der Waals surface area (Å²) < 4.78 is 18.4. The molecular weight excluding hydrogens is 351 g/mol. The molecule has 0 spiro atoms. The average molecular weight is 372 g/mol. The summed E-state index contributed by atoms with van der Waals surface area (Å²) >= 11 is 0. The minimum atomic E-state index is -0.397. The van der Waals surface area contributed by atoms with Crippen LogP contribution in [0.4, 0.5) is 15.9 Å². The third kappa shape index (κ3) is 5.75. The van der Waals surface area contributed by atoms with E-state index in [9.17, 15) is 14.0 Å². The first-order valence-corrected chi connectivity index (χ1v) is 8.70. The number of carbonyl (C=O) groups excluding carboxylic acids is 2. The Morgan fingerprint density at radius 3 is 2.67 bits per heavy atom. The highest BCUT2D eigenvalue weighted by molar-refractivity contribution is 5.94. The lowest BCUT2D eigenvalue weighted by Crippen LogP contribution is -2.36. The Balaban J connectivity index is 1.44. The first-order valence-electron chi connectivity index (χ1n) is 8.70. The maximum Gasteiger partial charge on any atom is 0.243 e. The van der Waals surface area contributed by atoms with E-state index in [0.717, 1.165) is 18.9 Å². The second-order valence-electron chi connectivity index (χ2n) is 6.14. The Morgan fingerprint density at radius 1 is 1.15 bits per heavy atom. The number of pyridine rings is 1. The van der Waals surface area contributed by atoms with Gasteiger partial charge in [-0.05, 0) is 29.8 Å². The monoisotopic (exact) mass is 372 g/mol. The van der Waals surface area contributed by atoms with E-state index in [1.807, 2.05) is 6.07 Å². The van der Waals surface area contributed by atoms with Crippen LogP contribution in [0.1, 0.15) is 5.56 Å². The fourth-order valence-corrected chi connectivity index (χ4v) is 2.72. The zero-order chi connectivity index (χ0) is 19.1. The maximum atomic E-state index is 13.1. The molecule has 0 saturated carbocycles. The first kappa shape index (κ1) is 18.8. The number of carbonyl (C=O) groups is 2. The molecule has 7 nitrogen and oxygen atoms in total. The summed E-state index contributed by atoms with van der Waals surface area (Å²) in [4.78, 5) is 30.3. The molecule has 2 N–H and O–H groups in total. The van der Waals surface area contributed by atoms with E-state index in [0.29, 0.717) is 24.5 Å². The molecule has 0 bridgehead atoms. The molecule has 2 heterocycles. The van der Waals surface area contributed by atoms with Gasteiger partial charge in [-0.1, -0.05) is 12.1 Å². The van der Waals surface area contributed by atoms with Crippen molar-refractivity contribution in [1.82, 2.24) is 10.3 Å². The zero-order valence-corrected chi connectivity index (χ0v) is 14.8. The van der Waals surface area contributed by atoms with Crippen LogP contribution < -0.4 is 15.5 Å². The highest BCUT2D eigenvalue weighted by Gasteiger charge is 2.12. The molecular formula is C19H21FN4O3. The predicted molar refractivity (Wildman–Crippen MR) is 99.0 cm³/mol.